The van der Waals surface area contributed by atoms with Crippen molar-refractivity contribution in [1.82, 2.24) is 4.57 Å². The normalized spacial score (nSPS) is 23.7. The molecule has 5 heterocycles. The number of carboxylic acid groups (broad SMARTS) is 1. The Hall–Kier alpha value is -3.18. The van der Waals surface area contributed by atoms with Crippen molar-refractivity contribution in [3.8, 4) is 0 Å². The second kappa shape index (κ2) is 11.6. The summed E-state index contributed by atoms with van der Waals surface area (Å²) in [4.78, 5) is 13.6. The van der Waals surface area contributed by atoms with E-state index in [-0.39, 0.29) is 36.2 Å². The molecule has 0 saturated carbocycles. The predicted octanol–water partition coefficient (Wildman–Crippen LogP) is 5.89. The summed E-state index contributed by atoms with van der Waals surface area (Å²) in [5.74, 6) is -0.0730. The maximum absolute atomic E-state index is 11.6. The highest BCUT2D eigenvalue weighted by molar-refractivity contribution is 7.85. The van der Waals surface area contributed by atoms with Crippen molar-refractivity contribution in [2.24, 2.45) is 0 Å². The molecule has 2 aromatic carbocycles. The van der Waals surface area contributed by atoms with Crippen molar-refractivity contribution in [2.45, 2.75) is 89.0 Å². The molecule has 45 heavy (non-hydrogen) atoms. The van der Waals surface area contributed by atoms with Crippen LogP contribution in [0.5, 0.6) is 0 Å². The van der Waals surface area contributed by atoms with Crippen LogP contribution in [0.1, 0.15) is 69.7 Å². The SMILES string of the molecule is CC1(CCCCCC(=O)O)C2=C3C=C4c5n(CCCS(=O)(=O)O)c6cc(Cl)ccc6[n+]5CCC4OC3CCN2c2ccccc21. The van der Waals surface area contributed by atoms with Gasteiger partial charge >= 0.3 is 5.97 Å². The number of hydrogen-bond acceptors (Lipinski definition) is 5. The number of aryl methyl sites for hydroxylation is 2. The first kappa shape index (κ1) is 30.5. The molecule has 0 spiro atoms. The first-order valence-corrected chi connectivity index (χ1v) is 17.9. The number of unbranched alkanes of at least 4 members (excludes halogenated alkanes) is 2. The number of imidazole rings is 1. The van der Waals surface area contributed by atoms with Gasteiger partial charge in [-0.1, -0.05) is 42.6 Å². The molecule has 11 heteroatoms. The number of rotatable bonds is 10. The number of benzene rings is 2. The molecule has 1 aromatic heterocycles. The molecule has 7 rings (SSSR count). The van der Waals surface area contributed by atoms with E-state index in [2.05, 4.69) is 51.3 Å². The highest BCUT2D eigenvalue weighted by atomic mass is 35.5. The number of nitrogens with zero attached hydrogens (tertiary/aromatic N) is 3. The molecule has 2 N–H and O–H groups in total. The van der Waals surface area contributed by atoms with E-state index >= 15 is 0 Å². The van der Waals surface area contributed by atoms with Crippen LogP contribution in [0.3, 0.4) is 0 Å². The fourth-order valence-corrected chi connectivity index (χ4v) is 8.82. The molecule has 0 bridgehead atoms. The van der Waals surface area contributed by atoms with E-state index in [0.29, 0.717) is 18.0 Å². The Morgan fingerprint density at radius 1 is 1.11 bits per heavy atom. The molecule has 0 amide bonds. The lowest BCUT2D eigenvalue weighted by molar-refractivity contribution is -0.679. The third-order valence-corrected chi connectivity index (χ3v) is 11.1. The average molecular weight is 653 g/mol. The van der Waals surface area contributed by atoms with Crippen molar-refractivity contribution in [3.63, 3.8) is 0 Å². The summed E-state index contributed by atoms with van der Waals surface area (Å²) in [5.41, 5.74) is 7.81. The number of halogens is 1. The van der Waals surface area contributed by atoms with E-state index in [9.17, 15) is 17.8 Å². The molecular formula is C34H39ClN3O6S+. The molecule has 238 valence electrons. The highest BCUT2D eigenvalue weighted by Gasteiger charge is 2.50. The number of hydrogen-bond donors (Lipinski definition) is 2. The zero-order valence-corrected chi connectivity index (χ0v) is 27.0. The number of fused-ring (bicyclic) bond motifs is 9. The van der Waals surface area contributed by atoms with Gasteiger partial charge in [0.25, 0.3) is 15.9 Å². The number of allylic oxidation sites excluding steroid dienone is 1. The first-order valence-electron chi connectivity index (χ1n) is 15.9. The third kappa shape index (κ3) is 5.39. The van der Waals surface area contributed by atoms with Crippen molar-refractivity contribution in [3.05, 3.63) is 76.2 Å². The highest BCUT2D eigenvalue weighted by Crippen LogP contribution is 2.55. The summed E-state index contributed by atoms with van der Waals surface area (Å²) in [6, 6.07) is 14.5. The van der Waals surface area contributed by atoms with Crippen LogP contribution in [0.2, 0.25) is 5.02 Å². The summed E-state index contributed by atoms with van der Waals surface area (Å²) in [5, 5.41) is 9.74. The molecule has 0 fully saturated rings. The summed E-state index contributed by atoms with van der Waals surface area (Å²) in [6.45, 7) is 4.38. The minimum atomic E-state index is -4.09. The first-order chi connectivity index (χ1) is 21.5. The lowest BCUT2D eigenvalue weighted by Crippen LogP contribution is -2.49. The van der Waals surface area contributed by atoms with Gasteiger partial charge in [0.2, 0.25) is 0 Å². The second-order valence-electron chi connectivity index (χ2n) is 12.9. The zero-order valence-electron chi connectivity index (χ0n) is 25.4. The van der Waals surface area contributed by atoms with Crippen LogP contribution in [0.15, 0.2) is 59.8 Å². The number of aliphatic carboxylic acids is 1. The van der Waals surface area contributed by atoms with E-state index in [1.54, 1.807) is 0 Å². The van der Waals surface area contributed by atoms with Gasteiger partial charge in [-0.05, 0) is 56.0 Å². The van der Waals surface area contributed by atoms with Crippen LogP contribution in [-0.4, -0.2) is 53.1 Å². The Bertz CT molecular complexity index is 1860. The summed E-state index contributed by atoms with van der Waals surface area (Å²) in [7, 11) is -4.09. The molecule has 3 unspecified atom stereocenters. The Kier molecular flexibility index (Phi) is 7.83. The molecular weight excluding hydrogens is 614 g/mol. The van der Waals surface area contributed by atoms with Gasteiger partial charge in [-0.3, -0.25) is 9.35 Å². The molecule has 0 radical (unpaired) electrons. The number of ether oxygens (including phenoxy) is 1. The van der Waals surface area contributed by atoms with Gasteiger partial charge in [0.15, 0.2) is 11.0 Å². The molecule has 0 aliphatic carbocycles. The second-order valence-corrected chi connectivity index (χ2v) is 15.0. The Morgan fingerprint density at radius 3 is 2.73 bits per heavy atom. The number of carboxylic acids is 1. The number of anilines is 1. The number of para-hydroxylation sites is 1. The quantitative estimate of drug-likeness (QED) is 0.160. The predicted molar refractivity (Wildman–Crippen MR) is 173 cm³/mol. The maximum Gasteiger partial charge on any atom is 0.303 e. The van der Waals surface area contributed by atoms with Gasteiger partial charge < -0.3 is 14.7 Å². The van der Waals surface area contributed by atoms with Crippen LogP contribution in [0.4, 0.5) is 5.69 Å². The number of aromatic nitrogens is 2. The minimum absolute atomic E-state index is 0.0241. The van der Waals surface area contributed by atoms with Crippen molar-refractivity contribution >= 4 is 50.0 Å². The lowest BCUT2D eigenvalue weighted by atomic mass is 9.73. The fourth-order valence-electron chi connectivity index (χ4n) is 8.16. The smallest absolute Gasteiger partial charge is 0.303 e. The Labute approximate surface area is 268 Å². The molecule has 9 nitrogen and oxygen atoms in total. The van der Waals surface area contributed by atoms with Crippen LogP contribution in [0.25, 0.3) is 16.6 Å². The van der Waals surface area contributed by atoms with Crippen LogP contribution in [-0.2, 0) is 38.2 Å². The van der Waals surface area contributed by atoms with Gasteiger partial charge in [-0.2, -0.15) is 8.42 Å². The van der Waals surface area contributed by atoms with Gasteiger partial charge in [-0.15, -0.1) is 0 Å². The maximum atomic E-state index is 11.6. The average Bonchev–Trinajstić information content (AvgIpc) is 3.44. The van der Waals surface area contributed by atoms with E-state index in [4.69, 9.17) is 21.4 Å². The van der Waals surface area contributed by atoms with E-state index in [1.807, 2.05) is 18.2 Å². The van der Waals surface area contributed by atoms with Gasteiger partial charge in [0.05, 0.1) is 36.6 Å². The van der Waals surface area contributed by atoms with Crippen LogP contribution >= 0.6 is 11.6 Å². The van der Waals surface area contributed by atoms with E-state index in [1.165, 1.54) is 22.5 Å². The van der Waals surface area contributed by atoms with Crippen LogP contribution in [0, 0.1) is 0 Å². The van der Waals surface area contributed by atoms with Gasteiger partial charge in [0.1, 0.15) is 0 Å². The van der Waals surface area contributed by atoms with Crippen molar-refractivity contribution < 1.29 is 32.2 Å². The van der Waals surface area contributed by atoms with E-state index < -0.39 is 16.1 Å². The van der Waals surface area contributed by atoms with Gasteiger partial charge in [-0.25, -0.2) is 9.13 Å². The standard InChI is InChI=1S/C34H38ClN3O6S/c1-34(15-6-2-3-10-31(39)40)25-8-4-5-9-26(25)36-17-13-29-23(32(34)36)21-24-30(44-29)14-18-38-27-12-11-22(35)20-28(27)37(33(24)38)16-7-19-45(41,42)43/h4-5,8-9,11-12,20-21,29-30H,2-3,6-7,10,13-19H2,1H3,(H-,39,40,41,42,43)/p+1. The summed E-state index contributed by atoms with van der Waals surface area (Å²) >= 11 is 6.46. The topological polar surface area (TPSA) is 113 Å². The lowest BCUT2D eigenvalue weighted by Gasteiger charge is -2.42. The molecule has 3 atom stereocenters. The third-order valence-electron chi connectivity index (χ3n) is 10.1. The molecule has 4 aliphatic rings. The van der Waals surface area contributed by atoms with Gasteiger partial charge in [0, 0.05) is 59.3 Å². The Balaban J connectivity index is 1.35. The number of carbonyl (C=O) groups is 1. The summed E-state index contributed by atoms with van der Waals surface area (Å²) < 4.78 is 44.0. The van der Waals surface area contributed by atoms with E-state index in [0.717, 1.165) is 67.6 Å². The molecule has 4 aliphatic heterocycles. The Morgan fingerprint density at radius 2 is 1.93 bits per heavy atom. The molecule has 0 saturated heterocycles. The monoisotopic (exact) mass is 652 g/mol. The summed E-state index contributed by atoms with van der Waals surface area (Å²) in [6.07, 6.45) is 7.79. The minimum Gasteiger partial charge on any atom is -0.481 e. The largest absolute Gasteiger partial charge is 0.481 e. The zero-order chi connectivity index (χ0) is 31.5. The van der Waals surface area contributed by atoms with Crippen molar-refractivity contribution in [2.75, 3.05) is 17.2 Å². The molecule has 3 aromatic rings. The fraction of sp³-hybridized carbons (Fsp3) is 0.471. The van der Waals surface area contributed by atoms with Crippen LogP contribution < -0.4 is 9.47 Å². The van der Waals surface area contributed by atoms with Crippen molar-refractivity contribution in [1.29, 1.82) is 0 Å².